The number of carbonyl (C=O) groups excluding carboxylic acids is 3. The summed E-state index contributed by atoms with van der Waals surface area (Å²) in [6, 6.07) is 5.84. The van der Waals surface area contributed by atoms with Crippen LogP contribution in [-0.2, 0) is 26.7 Å². The zero-order valence-electron chi connectivity index (χ0n) is 23.8. The maximum atomic E-state index is 15.2. The lowest BCUT2D eigenvalue weighted by Gasteiger charge is -2.15. The zero-order valence-corrected chi connectivity index (χ0v) is 26.0. The van der Waals surface area contributed by atoms with Crippen LogP contribution in [-0.4, -0.2) is 34.8 Å². The molecule has 2 aliphatic rings. The first kappa shape index (κ1) is 35.6. The Morgan fingerprint density at radius 3 is 2.06 bits per heavy atom. The molecule has 0 aromatic heterocycles. The molecule has 0 spiro atoms. The SMILES string of the molecule is O=C(Nc1ccc(F)c(NC(=O)C2CCCO2)c1F)c1cc(NC(=O)[C@H]2[C@H](c3cc(C(F)(F)F)cc(C(F)(F)F)c3)C2(Cl)Cl)ccc1Cl. The number of ether oxygens (including phenoxy) is 1. The second kappa shape index (κ2) is 13.0. The van der Waals surface area contributed by atoms with E-state index in [9.17, 15) is 45.1 Å². The van der Waals surface area contributed by atoms with Crippen LogP contribution in [0.25, 0.3) is 0 Å². The van der Waals surface area contributed by atoms with Gasteiger partial charge in [0.25, 0.3) is 11.8 Å². The van der Waals surface area contributed by atoms with Gasteiger partial charge < -0.3 is 20.7 Å². The van der Waals surface area contributed by atoms with E-state index >= 15 is 4.39 Å². The second-order valence-electron chi connectivity index (χ2n) is 10.9. The van der Waals surface area contributed by atoms with E-state index in [-0.39, 0.29) is 22.3 Å². The lowest BCUT2D eigenvalue weighted by atomic mass is 10.0. The Kier molecular flexibility index (Phi) is 9.64. The van der Waals surface area contributed by atoms with Gasteiger partial charge in [-0.3, -0.25) is 14.4 Å². The number of rotatable bonds is 7. The molecule has 7 nitrogen and oxygen atoms in total. The van der Waals surface area contributed by atoms with Gasteiger partial charge in [0.1, 0.15) is 21.9 Å². The van der Waals surface area contributed by atoms with Crippen molar-refractivity contribution < 1.29 is 54.2 Å². The van der Waals surface area contributed by atoms with Crippen molar-refractivity contribution in [1.82, 2.24) is 0 Å². The highest BCUT2D eigenvalue weighted by atomic mass is 35.5. The van der Waals surface area contributed by atoms with Crippen molar-refractivity contribution >= 4 is 69.6 Å². The van der Waals surface area contributed by atoms with Crippen molar-refractivity contribution in [1.29, 1.82) is 0 Å². The fraction of sp³-hybridized carbons (Fsp3) is 0.300. The molecule has 3 aromatic rings. The minimum Gasteiger partial charge on any atom is -0.368 e. The van der Waals surface area contributed by atoms with E-state index in [1.165, 1.54) is 6.07 Å². The maximum absolute atomic E-state index is 15.2. The highest BCUT2D eigenvalue weighted by Gasteiger charge is 2.68. The number of halogens is 11. The second-order valence-corrected chi connectivity index (χ2v) is 12.7. The molecule has 1 aliphatic heterocycles. The van der Waals surface area contributed by atoms with Crippen molar-refractivity contribution in [3.8, 4) is 0 Å². The molecule has 0 bridgehead atoms. The van der Waals surface area contributed by atoms with Crippen LogP contribution in [0.15, 0.2) is 48.5 Å². The summed E-state index contributed by atoms with van der Waals surface area (Å²) in [6.07, 6.45) is -10.3. The first-order chi connectivity index (χ1) is 22.3. The van der Waals surface area contributed by atoms with Crippen LogP contribution in [0.3, 0.4) is 0 Å². The lowest BCUT2D eigenvalue weighted by molar-refractivity contribution is -0.143. The molecular formula is C30H20Cl3F8N3O4. The van der Waals surface area contributed by atoms with Crippen LogP contribution in [0.4, 0.5) is 52.2 Å². The topological polar surface area (TPSA) is 96.5 Å². The van der Waals surface area contributed by atoms with E-state index in [2.05, 4.69) is 16.0 Å². The van der Waals surface area contributed by atoms with Gasteiger partial charge in [0.05, 0.1) is 33.3 Å². The molecule has 48 heavy (non-hydrogen) atoms. The van der Waals surface area contributed by atoms with E-state index in [0.717, 1.165) is 24.3 Å². The number of amides is 3. The number of carbonyl (C=O) groups is 3. The largest absolute Gasteiger partial charge is 0.416 e. The van der Waals surface area contributed by atoms with Crippen LogP contribution in [0.1, 0.15) is 45.8 Å². The Labute approximate surface area is 280 Å². The minimum atomic E-state index is -5.15. The smallest absolute Gasteiger partial charge is 0.368 e. The van der Waals surface area contributed by atoms with Gasteiger partial charge in [-0.05, 0) is 66.9 Å². The standard InChI is InChI=1S/C30H20Cl3F8N3O4/c31-17-4-3-15(11-16(17)25(45)43-19-6-5-18(34)24(23(19)35)44-26(46)20-2-1-7-48-20)42-27(47)22-21(28(22,32)33)12-8-13(29(36,37)38)10-14(9-12)30(39,40)41/h3-6,8-11,20-22H,1-2,7H2,(H,42,47)(H,43,45)(H,44,46)/t20?,21-,22+/m0/s1. The van der Waals surface area contributed by atoms with Gasteiger partial charge in [0.2, 0.25) is 5.91 Å². The third-order valence-electron chi connectivity index (χ3n) is 7.59. The van der Waals surface area contributed by atoms with Gasteiger partial charge in [-0.25, -0.2) is 8.78 Å². The van der Waals surface area contributed by atoms with Crippen LogP contribution in [0, 0.1) is 17.6 Å². The Bertz CT molecular complexity index is 1760. The molecule has 1 aliphatic carbocycles. The summed E-state index contributed by atoms with van der Waals surface area (Å²) < 4.78 is 113. The molecule has 1 heterocycles. The van der Waals surface area contributed by atoms with E-state index in [1.807, 2.05) is 0 Å². The molecule has 3 aromatic carbocycles. The first-order valence-electron chi connectivity index (χ1n) is 13.8. The Morgan fingerprint density at radius 1 is 0.833 bits per heavy atom. The summed E-state index contributed by atoms with van der Waals surface area (Å²) in [6.45, 7) is 0.303. The third-order valence-corrected chi connectivity index (χ3v) is 8.86. The minimum absolute atomic E-state index is 0.0779. The van der Waals surface area contributed by atoms with E-state index in [4.69, 9.17) is 39.5 Å². The Morgan fingerprint density at radius 2 is 1.48 bits per heavy atom. The maximum Gasteiger partial charge on any atom is 0.416 e. The number of alkyl halides is 8. The number of hydrogen-bond donors (Lipinski definition) is 3. The van der Waals surface area contributed by atoms with E-state index < -0.39 is 92.0 Å². The molecule has 3 atom stereocenters. The van der Waals surface area contributed by atoms with Crippen LogP contribution < -0.4 is 16.0 Å². The van der Waals surface area contributed by atoms with Crippen molar-refractivity contribution in [2.24, 2.45) is 5.92 Å². The summed E-state index contributed by atoms with van der Waals surface area (Å²) in [5.74, 6) is -8.29. The molecule has 1 saturated heterocycles. The number of nitrogens with one attached hydrogen (secondary N) is 3. The molecule has 5 rings (SSSR count). The Hall–Kier alpha value is -3.66. The van der Waals surface area contributed by atoms with E-state index in [1.54, 1.807) is 0 Å². The van der Waals surface area contributed by atoms with Crippen molar-refractivity contribution in [2.45, 2.75) is 41.5 Å². The predicted octanol–water partition coefficient (Wildman–Crippen LogP) is 8.55. The van der Waals surface area contributed by atoms with Crippen LogP contribution in [0.2, 0.25) is 5.02 Å². The third kappa shape index (κ3) is 7.33. The summed E-state index contributed by atoms with van der Waals surface area (Å²) in [4.78, 5) is 38.5. The van der Waals surface area contributed by atoms with Crippen LogP contribution in [0.5, 0.6) is 0 Å². The lowest BCUT2D eigenvalue weighted by Crippen LogP contribution is -2.28. The normalized spacial score (nSPS) is 20.3. The number of benzene rings is 3. The molecule has 3 amide bonds. The van der Waals surface area contributed by atoms with Gasteiger partial charge in [-0.15, -0.1) is 23.2 Å². The fourth-order valence-corrected chi connectivity index (χ4v) is 6.20. The van der Waals surface area contributed by atoms with Crippen molar-refractivity contribution in [3.05, 3.63) is 87.4 Å². The molecule has 0 radical (unpaired) electrons. The molecule has 1 unspecified atom stereocenters. The predicted molar refractivity (Wildman–Crippen MR) is 159 cm³/mol. The molecule has 2 fully saturated rings. The van der Waals surface area contributed by atoms with Gasteiger partial charge in [0.15, 0.2) is 5.82 Å². The summed E-state index contributed by atoms with van der Waals surface area (Å²) >= 11 is 18.5. The summed E-state index contributed by atoms with van der Waals surface area (Å²) in [7, 11) is 0. The van der Waals surface area contributed by atoms with Gasteiger partial charge in [-0.2, -0.15) is 26.3 Å². The summed E-state index contributed by atoms with van der Waals surface area (Å²) in [5.41, 5.74) is -5.68. The number of anilines is 3. The molecule has 1 saturated carbocycles. The monoisotopic (exact) mass is 743 g/mol. The van der Waals surface area contributed by atoms with Crippen LogP contribution >= 0.6 is 34.8 Å². The quantitative estimate of drug-likeness (QED) is 0.167. The molecular weight excluding hydrogens is 725 g/mol. The number of hydrogen-bond acceptors (Lipinski definition) is 4. The van der Waals surface area contributed by atoms with E-state index in [0.29, 0.717) is 31.6 Å². The first-order valence-corrected chi connectivity index (χ1v) is 14.9. The average Bonchev–Trinajstić information content (AvgIpc) is 3.29. The zero-order chi connectivity index (χ0) is 35.3. The Balaban J connectivity index is 1.34. The fourth-order valence-electron chi connectivity index (χ4n) is 5.16. The molecule has 3 N–H and O–H groups in total. The highest BCUT2D eigenvalue weighted by molar-refractivity contribution is 6.53. The van der Waals surface area contributed by atoms with Gasteiger partial charge in [0, 0.05) is 18.2 Å². The highest BCUT2D eigenvalue weighted by Crippen LogP contribution is 2.65. The van der Waals surface area contributed by atoms with Gasteiger partial charge in [-0.1, -0.05) is 11.6 Å². The molecule has 18 heteroatoms. The summed E-state index contributed by atoms with van der Waals surface area (Å²) in [5, 5.41) is 6.43. The van der Waals surface area contributed by atoms with Crippen molar-refractivity contribution in [2.75, 3.05) is 22.6 Å². The average molecular weight is 745 g/mol. The van der Waals surface area contributed by atoms with Crippen molar-refractivity contribution in [3.63, 3.8) is 0 Å². The molecule has 256 valence electrons. The van der Waals surface area contributed by atoms with Gasteiger partial charge >= 0.3 is 12.4 Å².